The first-order valence-corrected chi connectivity index (χ1v) is 20.5. The highest BCUT2D eigenvalue weighted by Crippen LogP contribution is 2.33. The SMILES string of the molecule is COCCCOc1ccnc(CS(=O)c2nc3ccc(OCCOCCOCCOCCNC(=O)CCCC[C@@H]4SC[C@@H]5NC(=O)N[C@@H]54)cc3[nH]2)c1C. The average molecular weight is 777 g/mol. The highest BCUT2D eigenvalue weighted by atomic mass is 32.2. The molecule has 0 spiro atoms. The predicted molar refractivity (Wildman–Crippen MR) is 202 cm³/mol. The Morgan fingerprint density at radius 3 is 2.57 bits per heavy atom. The third-order valence-electron chi connectivity index (χ3n) is 8.81. The number of aromatic nitrogens is 3. The molecule has 2 fully saturated rings. The monoisotopic (exact) mass is 776 g/mol. The van der Waals surface area contributed by atoms with Crippen LogP contribution in [0.2, 0.25) is 0 Å². The van der Waals surface area contributed by atoms with Gasteiger partial charge in [-0.3, -0.25) is 14.0 Å². The summed E-state index contributed by atoms with van der Waals surface area (Å²) in [6.07, 6.45) is 5.74. The molecule has 2 aliphatic heterocycles. The lowest BCUT2D eigenvalue weighted by molar-refractivity contribution is -0.121. The standard InChI is InChI=1S/C36H52N6O9S2/c1-25-30(37-11-10-31(25)51-14-5-13-46-2)24-53(45)36-40-27-9-8-26(22-28(27)41-36)50-21-20-49-19-18-48-17-16-47-15-12-38-33(43)7-4-3-6-32-34-29(23-52-32)39-35(44)42-34/h8-11,22,29,32,34H,3-7,12-21,23-24H2,1-2H3,(H,38,43)(H,40,41)(H2,39,42,44)/t29-,32-,34-,53?/m0/s1. The van der Waals surface area contributed by atoms with Gasteiger partial charge in [-0.15, -0.1) is 0 Å². The van der Waals surface area contributed by atoms with Crippen molar-refractivity contribution in [2.24, 2.45) is 0 Å². The van der Waals surface area contributed by atoms with Crippen molar-refractivity contribution in [2.45, 2.75) is 67.3 Å². The second-order valence-electron chi connectivity index (χ2n) is 12.7. The lowest BCUT2D eigenvalue weighted by atomic mass is 10.0. The van der Waals surface area contributed by atoms with Gasteiger partial charge in [0.15, 0.2) is 5.16 Å². The Bertz CT molecular complexity index is 1630. The normalized spacial score (nSPS) is 18.5. The number of nitrogens with one attached hydrogen (secondary N) is 4. The molecule has 4 N–H and O–H groups in total. The summed E-state index contributed by atoms with van der Waals surface area (Å²) >= 11 is 1.90. The molecule has 15 nitrogen and oxygen atoms in total. The second kappa shape index (κ2) is 22.0. The van der Waals surface area contributed by atoms with Crippen LogP contribution in [0, 0.1) is 6.92 Å². The van der Waals surface area contributed by atoms with Gasteiger partial charge >= 0.3 is 6.03 Å². The van der Waals surface area contributed by atoms with Gasteiger partial charge < -0.3 is 49.4 Å². The van der Waals surface area contributed by atoms with Crippen LogP contribution in [0.15, 0.2) is 35.6 Å². The number of H-pyrrole nitrogens is 1. The highest BCUT2D eigenvalue weighted by Gasteiger charge is 2.42. The van der Waals surface area contributed by atoms with Crippen LogP contribution in [0.5, 0.6) is 11.5 Å². The fraction of sp³-hybridized carbons (Fsp3) is 0.611. The average Bonchev–Trinajstić information content (AvgIpc) is 3.86. The molecule has 2 saturated heterocycles. The van der Waals surface area contributed by atoms with E-state index in [9.17, 15) is 13.8 Å². The number of benzene rings is 1. The second-order valence-corrected chi connectivity index (χ2v) is 15.3. The Hall–Kier alpha value is -3.48. The van der Waals surface area contributed by atoms with E-state index in [1.54, 1.807) is 13.3 Å². The molecule has 4 atom stereocenters. The van der Waals surface area contributed by atoms with E-state index in [4.69, 9.17) is 28.4 Å². The summed E-state index contributed by atoms with van der Waals surface area (Å²) in [6, 6.07) is 7.68. The minimum Gasteiger partial charge on any atom is -0.493 e. The van der Waals surface area contributed by atoms with Crippen LogP contribution in [0.3, 0.4) is 0 Å². The van der Waals surface area contributed by atoms with Gasteiger partial charge in [-0.2, -0.15) is 11.8 Å². The third-order valence-corrected chi connectivity index (χ3v) is 11.5. The minimum atomic E-state index is -1.43. The Morgan fingerprint density at radius 2 is 1.75 bits per heavy atom. The number of pyridine rings is 1. The number of hydrogen-bond donors (Lipinski definition) is 4. The van der Waals surface area contributed by atoms with Crippen molar-refractivity contribution in [1.82, 2.24) is 30.9 Å². The van der Waals surface area contributed by atoms with Gasteiger partial charge in [-0.1, -0.05) is 6.42 Å². The van der Waals surface area contributed by atoms with Gasteiger partial charge in [-0.05, 0) is 38.0 Å². The van der Waals surface area contributed by atoms with Crippen molar-refractivity contribution < 1.29 is 42.2 Å². The van der Waals surface area contributed by atoms with Crippen LogP contribution >= 0.6 is 11.8 Å². The number of ether oxygens (including phenoxy) is 6. The predicted octanol–water partition coefficient (Wildman–Crippen LogP) is 3.26. The summed E-state index contributed by atoms with van der Waals surface area (Å²) in [6.45, 7) is 6.46. The van der Waals surface area contributed by atoms with E-state index in [0.717, 1.165) is 48.3 Å². The summed E-state index contributed by atoms with van der Waals surface area (Å²) in [5, 5.41) is 9.66. The van der Waals surface area contributed by atoms with E-state index >= 15 is 0 Å². The van der Waals surface area contributed by atoms with Crippen LogP contribution in [0.25, 0.3) is 11.0 Å². The van der Waals surface area contributed by atoms with Crippen LogP contribution in [-0.2, 0) is 40.3 Å². The molecule has 1 unspecified atom stereocenters. The van der Waals surface area contributed by atoms with Crippen LogP contribution in [0.1, 0.15) is 43.4 Å². The van der Waals surface area contributed by atoms with E-state index in [1.165, 1.54) is 0 Å². The van der Waals surface area contributed by atoms with E-state index < -0.39 is 10.8 Å². The third kappa shape index (κ3) is 13.1. The zero-order chi connectivity index (χ0) is 37.3. The number of urea groups is 1. The Balaban J connectivity index is 0.851. The molecule has 2 aliphatic rings. The molecule has 0 radical (unpaired) electrons. The largest absolute Gasteiger partial charge is 0.493 e. The van der Waals surface area contributed by atoms with Gasteiger partial charge in [-0.25, -0.2) is 9.78 Å². The quantitative estimate of drug-likeness (QED) is 0.0691. The van der Waals surface area contributed by atoms with Crippen molar-refractivity contribution in [1.29, 1.82) is 0 Å². The first-order valence-electron chi connectivity index (χ1n) is 18.2. The first kappa shape index (κ1) is 40.7. The number of carbonyl (C=O) groups excluding carboxylic acids is 2. The summed E-state index contributed by atoms with van der Waals surface area (Å²) in [5.41, 5.74) is 2.98. The molecule has 1 aromatic carbocycles. The lowest BCUT2D eigenvalue weighted by Crippen LogP contribution is -2.36. The number of carbonyl (C=O) groups is 2. The number of thioether (sulfide) groups is 1. The van der Waals surface area contributed by atoms with Crippen LogP contribution in [-0.4, -0.2) is 127 Å². The molecule has 0 bridgehead atoms. The van der Waals surface area contributed by atoms with Crippen molar-refractivity contribution in [3.63, 3.8) is 0 Å². The summed E-state index contributed by atoms with van der Waals surface area (Å²) in [7, 11) is 0.229. The van der Waals surface area contributed by atoms with Crippen LogP contribution < -0.4 is 25.4 Å². The van der Waals surface area contributed by atoms with Crippen molar-refractivity contribution >= 4 is 45.5 Å². The molecule has 3 aromatic rings. The van der Waals surface area contributed by atoms with E-state index in [1.807, 2.05) is 43.0 Å². The number of nitrogens with zero attached hydrogens (tertiary/aromatic N) is 2. The molecule has 0 saturated carbocycles. The summed E-state index contributed by atoms with van der Waals surface area (Å²) < 4.78 is 46.6. The zero-order valence-electron chi connectivity index (χ0n) is 30.5. The number of imidazole rings is 1. The minimum absolute atomic E-state index is 0.0328. The van der Waals surface area contributed by atoms with E-state index in [0.29, 0.717) is 99.8 Å². The molecule has 292 valence electrons. The molecule has 53 heavy (non-hydrogen) atoms. The maximum absolute atomic E-state index is 13.2. The Kier molecular flexibility index (Phi) is 16.9. The Morgan fingerprint density at radius 1 is 0.962 bits per heavy atom. The van der Waals surface area contributed by atoms with E-state index in [-0.39, 0.29) is 29.8 Å². The molecular formula is C36H52N6O9S2. The summed E-state index contributed by atoms with van der Waals surface area (Å²) in [4.78, 5) is 35.7. The maximum atomic E-state index is 13.2. The molecule has 3 amide bonds. The van der Waals surface area contributed by atoms with Crippen molar-refractivity contribution in [3.8, 4) is 11.5 Å². The number of unbranched alkanes of at least 4 members (excludes halogenated alkanes) is 1. The van der Waals surface area contributed by atoms with Gasteiger partial charge in [0.25, 0.3) is 0 Å². The molecular weight excluding hydrogens is 725 g/mol. The maximum Gasteiger partial charge on any atom is 0.315 e. The van der Waals surface area contributed by atoms with Crippen molar-refractivity contribution in [2.75, 3.05) is 78.9 Å². The molecule has 17 heteroatoms. The fourth-order valence-corrected chi connectivity index (χ4v) is 8.63. The highest BCUT2D eigenvalue weighted by molar-refractivity contribution is 8.00. The van der Waals surface area contributed by atoms with Gasteiger partial charge in [0, 0.05) is 61.9 Å². The molecule has 2 aromatic heterocycles. The van der Waals surface area contributed by atoms with Gasteiger partial charge in [0.05, 0.1) is 91.6 Å². The molecule has 5 rings (SSSR count). The number of rotatable bonds is 26. The number of aromatic amines is 1. The summed E-state index contributed by atoms with van der Waals surface area (Å²) in [5.74, 6) is 2.57. The molecule has 4 heterocycles. The van der Waals surface area contributed by atoms with Crippen molar-refractivity contribution in [3.05, 3.63) is 41.7 Å². The number of fused-ring (bicyclic) bond motifs is 2. The number of hydrogen-bond acceptors (Lipinski definition) is 12. The molecule has 0 aliphatic carbocycles. The fourth-order valence-electron chi connectivity index (χ4n) is 5.99. The van der Waals surface area contributed by atoms with Gasteiger partial charge in [0.1, 0.15) is 18.1 Å². The number of methoxy groups -OCH3 is 1. The lowest BCUT2D eigenvalue weighted by Gasteiger charge is -2.16. The zero-order valence-corrected chi connectivity index (χ0v) is 32.2. The first-order chi connectivity index (χ1) is 25.9. The van der Waals surface area contributed by atoms with E-state index in [2.05, 4.69) is 30.9 Å². The van der Waals surface area contributed by atoms with Crippen LogP contribution in [0.4, 0.5) is 4.79 Å². The Labute approximate surface area is 317 Å². The smallest absolute Gasteiger partial charge is 0.315 e. The number of amides is 3. The topological polar surface area (TPSA) is 184 Å². The van der Waals surface area contributed by atoms with Gasteiger partial charge in [0.2, 0.25) is 5.91 Å².